The molecule has 0 saturated carbocycles. The standard InChI is InChI=1S/C15H24N4O2/c1-4-21-15(20)12-8-14(17-9-13(12)16)18-11-5-6-19(3)10(2)7-11/h8-11H,4-7,16H2,1-3H3,(H,17,18). The number of hydrogen-bond donors (Lipinski definition) is 2. The van der Waals surface area contributed by atoms with Crippen LogP contribution >= 0.6 is 0 Å². The predicted octanol–water partition coefficient (Wildman–Crippen LogP) is 1.74. The molecule has 21 heavy (non-hydrogen) atoms. The number of nitrogens with one attached hydrogen (secondary N) is 1. The van der Waals surface area contributed by atoms with E-state index in [0.717, 1.165) is 19.4 Å². The molecule has 2 unspecified atom stereocenters. The molecule has 2 heterocycles. The molecule has 6 nitrogen and oxygen atoms in total. The zero-order valence-electron chi connectivity index (χ0n) is 12.9. The fourth-order valence-electron chi connectivity index (χ4n) is 2.56. The van der Waals surface area contributed by atoms with Gasteiger partial charge in [-0.3, -0.25) is 0 Å². The van der Waals surface area contributed by atoms with Crippen LogP contribution in [0.25, 0.3) is 0 Å². The van der Waals surface area contributed by atoms with Crippen molar-refractivity contribution in [2.45, 2.75) is 38.8 Å². The van der Waals surface area contributed by atoms with Crippen LogP contribution in [0, 0.1) is 0 Å². The van der Waals surface area contributed by atoms with Crippen LogP contribution in [0.3, 0.4) is 0 Å². The minimum atomic E-state index is -0.405. The number of nitrogens with zero attached hydrogens (tertiary/aromatic N) is 2. The van der Waals surface area contributed by atoms with E-state index in [2.05, 4.69) is 29.2 Å². The minimum Gasteiger partial charge on any atom is -0.462 e. The second kappa shape index (κ2) is 6.76. The Morgan fingerprint density at radius 2 is 2.38 bits per heavy atom. The smallest absolute Gasteiger partial charge is 0.340 e. The number of ether oxygens (including phenoxy) is 1. The van der Waals surface area contributed by atoms with Crippen molar-refractivity contribution >= 4 is 17.5 Å². The fourth-order valence-corrected chi connectivity index (χ4v) is 2.56. The number of anilines is 2. The van der Waals surface area contributed by atoms with Crippen LogP contribution in [0.15, 0.2) is 12.3 Å². The van der Waals surface area contributed by atoms with Crippen molar-refractivity contribution < 1.29 is 9.53 Å². The molecule has 1 fully saturated rings. The van der Waals surface area contributed by atoms with Crippen LogP contribution in [0.2, 0.25) is 0 Å². The van der Waals surface area contributed by atoms with Crippen LogP contribution in [0.4, 0.5) is 11.5 Å². The number of carbonyl (C=O) groups excluding carboxylic acids is 1. The summed E-state index contributed by atoms with van der Waals surface area (Å²) in [6.45, 7) is 5.37. The zero-order valence-corrected chi connectivity index (χ0v) is 12.9. The number of esters is 1. The zero-order chi connectivity index (χ0) is 15.4. The molecule has 3 N–H and O–H groups in total. The second-order valence-electron chi connectivity index (χ2n) is 5.57. The van der Waals surface area contributed by atoms with E-state index in [-0.39, 0.29) is 0 Å². The molecular formula is C15H24N4O2. The first kappa shape index (κ1) is 15.6. The Labute approximate surface area is 125 Å². The Balaban J connectivity index is 2.07. The molecule has 0 aliphatic carbocycles. The Hall–Kier alpha value is -1.82. The minimum absolute atomic E-state index is 0.329. The average molecular weight is 292 g/mol. The number of nitrogens with two attached hydrogens (primary N) is 1. The molecule has 6 heteroatoms. The highest BCUT2D eigenvalue weighted by atomic mass is 16.5. The third kappa shape index (κ3) is 3.85. The summed E-state index contributed by atoms with van der Waals surface area (Å²) in [5, 5.41) is 3.40. The highest BCUT2D eigenvalue weighted by molar-refractivity contribution is 5.95. The largest absolute Gasteiger partial charge is 0.462 e. The van der Waals surface area contributed by atoms with E-state index in [1.54, 1.807) is 13.0 Å². The summed E-state index contributed by atoms with van der Waals surface area (Å²) >= 11 is 0. The van der Waals surface area contributed by atoms with Crippen LogP contribution in [-0.2, 0) is 4.74 Å². The average Bonchev–Trinajstić information content (AvgIpc) is 2.45. The third-order valence-corrected chi connectivity index (χ3v) is 3.99. The van der Waals surface area contributed by atoms with Crippen molar-refractivity contribution in [1.82, 2.24) is 9.88 Å². The second-order valence-corrected chi connectivity index (χ2v) is 5.57. The lowest BCUT2D eigenvalue weighted by molar-refractivity contribution is 0.0527. The molecule has 2 atom stereocenters. The van der Waals surface area contributed by atoms with Crippen molar-refractivity contribution in [2.24, 2.45) is 0 Å². The van der Waals surface area contributed by atoms with Gasteiger partial charge in [-0.2, -0.15) is 0 Å². The van der Waals surface area contributed by atoms with Gasteiger partial charge in [0.2, 0.25) is 0 Å². The molecule has 0 spiro atoms. The van der Waals surface area contributed by atoms with Gasteiger partial charge in [0.15, 0.2) is 0 Å². The lowest BCUT2D eigenvalue weighted by Crippen LogP contribution is -2.42. The number of hydrogen-bond acceptors (Lipinski definition) is 6. The molecule has 0 bridgehead atoms. The van der Waals surface area contributed by atoms with E-state index in [1.165, 1.54) is 6.20 Å². The maximum Gasteiger partial charge on any atom is 0.340 e. The highest BCUT2D eigenvalue weighted by Crippen LogP contribution is 2.21. The molecular weight excluding hydrogens is 268 g/mol. The number of rotatable bonds is 4. The Bertz CT molecular complexity index is 506. The molecule has 2 rings (SSSR count). The molecule has 0 radical (unpaired) electrons. The summed E-state index contributed by atoms with van der Waals surface area (Å²) in [6.07, 6.45) is 3.62. The first-order valence-corrected chi connectivity index (χ1v) is 7.40. The van der Waals surface area contributed by atoms with Gasteiger partial charge in [0, 0.05) is 18.6 Å². The summed E-state index contributed by atoms with van der Waals surface area (Å²) in [7, 11) is 2.14. The lowest BCUT2D eigenvalue weighted by atomic mass is 9.99. The maximum atomic E-state index is 11.8. The van der Waals surface area contributed by atoms with Gasteiger partial charge in [-0.05, 0) is 39.8 Å². The van der Waals surface area contributed by atoms with Crippen molar-refractivity contribution in [1.29, 1.82) is 0 Å². The molecule has 1 aliphatic heterocycles. The van der Waals surface area contributed by atoms with Crippen molar-refractivity contribution in [3.05, 3.63) is 17.8 Å². The molecule has 0 aromatic carbocycles. The van der Waals surface area contributed by atoms with Gasteiger partial charge >= 0.3 is 5.97 Å². The first-order valence-electron chi connectivity index (χ1n) is 7.40. The fraction of sp³-hybridized carbons (Fsp3) is 0.600. The van der Waals surface area contributed by atoms with E-state index >= 15 is 0 Å². The van der Waals surface area contributed by atoms with Crippen molar-refractivity contribution in [3.63, 3.8) is 0 Å². The van der Waals surface area contributed by atoms with Crippen molar-refractivity contribution in [3.8, 4) is 0 Å². The van der Waals surface area contributed by atoms with Gasteiger partial charge in [0.1, 0.15) is 5.82 Å². The van der Waals surface area contributed by atoms with E-state index in [9.17, 15) is 4.79 Å². The Kier molecular flexibility index (Phi) is 5.01. The monoisotopic (exact) mass is 292 g/mol. The first-order chi connectivity index (χ1) is 10.0. The quantitative estimate of drug-likeness (QED) is 0.823. The van der Waals surface area contributed by atoms with Gasteiger partial charge in [0.05, 0.1) is 24.1 Å². The maximum absolute atomic E-state index is 11.8. The van der Waals surface area contributed by atoms with Gasteiger partial charge in [0.25, 0.3) is 0 Å². The number of carbonyl (C=O) groups is 1. The normalized spacial score (nSPS) is 22.8. The van der Waals surface area contributed by atoms with Gasteiger partial charge in [-0.15, -0.1) is 0 Å². The number of piperidine rings is 1. The molecule has 116 valence electrons. The topological polar surface area (TPSA) is 80.5 Å². The summed E-state index contributed by atoms with van der Waals surface area (Å²) in [5.74, 6) is 0.270. The van der Waals surface area contributed by atoms with Gasteiger partial charge < -0.3 is 20.7 Å². The lowest BCUT2D eigenvalue weighted by Gasteiger charge is -2.35. The third-order valence-electron chi connectivity index (χ3n) is 3.99. The van der Waals surface area contributed by atoms with E-state index < -0.39 is 5.97 Å². The molecule has 1 saturated heterocycles. The number of nitrogen functional groups attached to an aromatic ring is 1. The van der Waals surface area contributed by atoms with Crippen LogP contribution in [0.1, 0.15) is 37.0 Å². The number of pyridine rings is 1. The summed E-state index contributed by atoms with van der Waals surface area (Å²) in [6, 6.07) is 2.58. The van der Waals surface area contributed by atoms with E-state index in [0.29, 0.717) is 35.8 Å². The SMILES string of the molecule is CCOC(=O)c1cc(NC2CCN(C)C(C)C2)ncc1N. The Morgan fingerprint density at radius 3 is 3.05 bits per heavy atom. The molecule has 1 aromatic heterocycles. The van der Waals surface area contributed by atoms with Crippen LogP contribution < -0.4 is 11.1 Å². The number of likely N-dealkylation sites (tertiary alicyclic amines) is 1. The highest BCUT2D eigenvalue weighted by Gasteiger charge is 2.23. The predicted molar refractivity (Wildman–Crippen MR) is 83.3 cm³/mol. The van der Waals surface area contributed by atoms with Crippen LogP contribution in [-0.4, -0.2) is 48.1 Å². The number of aromatic nitrogens is 1. The molecule has 1 aliphatic rings. The summed E-state index contributed by atoms with van der Waals surface area (Å²) in [4.78, 5) is 18.4. The molecule has 0 amide bonds. The van der Waals surface area contributed by atoms with E-state index in [1.807, 2.05) is 0 Å². The summed E-state index contributed by atoms with van der Waals surface area (Å²) in [5.41, 5.74) is 6.51. The van der Waals surface area contributed by atoms with E-state index in [4.69, 9.17) is 10.5 Å². The van der Waals surface area contributed by atoms with Gasteiger partial charge in [-0.1, -0.05) is 0 Å². The van der Waals surface area contributed by atoms with Crippen molar-refractivity contribution in [2.75, 3.05) is 31.2 Å². The Morgan fingerprint density at radius 1 is 1.62 bits per heavy atom. The molecule has 1 aromatic rings. The van der Waals surface area contributed by atoms with Gasteiger partial charge in [-0.25, -0.2) is 9.78 Å². The summed E-state index contributed by atoms with van der Waals surface area (Å²) < 4.78 is 5.00. The van der Waals surface area contributed by atoms with Crippen LogP contribution in [0.5, 0.6) is 0 Å².